The number of alkyl halides is 2. The molecule has 0 saturated heterocycles. The number of nitrogens with two attached hydrogens (primary N) is 1. The summed E-state index contributed by atoms with van der Waals surface area (Å²) in [5.41, 5.74) is 5.18. The lowest BCUT2D eigenvalue weighted by Gasteiger charge is -2.17. The molecular weight excluding hydrogens is 178 g/mol. The van der Waals surface area contributed by atoms with Crippen molar-refractivity contribution >= 4 is 5.91 Å². The van der Waals surface area contributed by atoms with Gasteiger partial charge in [-0.3, -0.25) is 4.79 Å². The predicted molar refractivity (Wildman–Crippen MR) is 46.5 cm³/mol. The molecule has 78 valence electrons. The van der Waals surface area contributed by atoms with Crippen LogP contribution >= 0.6 is 0 Å². The first-order chi connectivity index (χ1) is 5.81. The van der Waals surface area contributed by atoms with Gasteiger partial charge in [0.25, 0.3) is 6.43 Å². The van der Waals surface area contributed by atoms with E-state index >= 15 is 0 Å². The Morgan fingerprint density at radius 2 is 2.08 bits per heavy atom. The Balaban J connectivity index is 3.53. The van der Waals surface area contributed by atoms with Crippen LogP contribution in [0.1, 0.15) is 26.7 Å². The van der Waals surface area contributed by atoms with E-state index in [4.69, 9.17) is 5.73 Å². The van der Waals surface area contributed by atoms with Crippen LogP contribution in [0, 0.1) is 0 Å². The van der Waals surface area contributed by atoms with Crippen LogP contribution in [0.25, 0.3) is 0 Å². The number of hydrogen-bond donors (Lipinski definition) is 2. The van der Waals surface area contributed by atoms with Crippen molar-refractivity contribution in [3.8, 4) is 0 Å². The van der Waals surface area contributed by atoms with Gasteiger partial charge in [-0.15, -0.1) is 0 Å². The predicted octanol–water partition coefficient (Wildman–Crippen LogP) is 0.885. The second-order valence-corrected chi connectivity index (χ2v) is 3.68. The Labute approximate surface area is 76.7 Å². The third-order valence-corrected chi connectivity index (χ3v) is 1.45. The third kappa shape index (κ3) is 9.20. The van der Waals surface area contributed by atoms with E-state index in [9.17, 15) is 13.6 Å². The van der Waals surface area contributed by atoms with Gasteiger partial charge in [-0.1, -0.05) is 0 Å². The molecular formula is C8H16F2N2O. The molecule has 0 atom stereocenters. The number of hydrogen-bond acceptors (Lipinski definition) is 2. The minimum atomic E-state index is -2.49. The van der Waals surface area contributed by atoms with Gasteiger partial charge < -0.3 is 11.1 Å². The van der Waals surface area contributed by atoms with Gasteiger partial charge in [0.05, 0.1) is 6.54 Å². The summed E-state index contributed by atoms with van der Waals surface area (Å²) < 4.78 is 23.3. The monoisotopic (exact) mass is 194 g/mol. The lowest BCUT2D eigenvalue weighted by atomic mass is 10.00. The molecule has 0 radical (unpaired) electrons. The van der Waals surface area contributed by atoms with Crippen molar-refractivity contribution in [2.45, 2.75) is 38.7 Å². The molecule has 0 fully saturated rings. The number of carbonyl (C=O) groups excluding carboxylic acids is 1. The highest BCUT2D eigenvalue weighted by atomic mass is 19.3. The molecule has 3 nitrogen and oxygen atoms in total. The number of amides is 1. The first kappa shape index (κ1) is 12.3. The first-order valence-electron chi connectivity index (χ1n) is 4.15. The van der Waals surface area contributed by atoms with Crippen LogP contribution in [0.2, 0.25) is 0 Å². The Hall–Kier alpha value is -0.710. The molecule has 13 heavy (non-hydrogen) atoms. The van der Waals surface area contributed by atoms with Gasteiger partial charge in [0.15, 0.2) is 0 Å². The fraction of sp³-hybridized carbons (Fsp3) is 0.875. The highest BCUT2D eigenvalue weighted by Gasteiger charge is 2.13. The quantitative estimate of drug-likeness (QED) is 0.682. The Kier molecular flexibility index (Phi) is 4.83. The minimum Gasteiger partial charge on any atom is -0.350 e. The topological polar surface area (TPSA) is 55.1 Å². The van der Waals surface area contributed by atoms with Gasteiger partial charge in [0.2, 0.25) is 5.91 Å². The van der Waals surface area contributed by atoms with Crippen molar-refractivity contribution < 1.29 is 13.6 Å². The van der Waals surface area contributed by atoms with E-state index in [0.29, 0.717) is 6.42 Å². The first-order valence-corrected chi connectivity index (χ1v) is 4.15. The molecule has 0 rings (SSSR count). The van der Waals surface area contributed by atoms with Crippen LogP contribution in [-0.2, 0) is 4.79 Å². The molecule has 0 aromatic heterocycles. The van der Waals surface area contributed by atoms with E-state index in [-0.39, 0.29) is 12.3 Å². The molecule has 0 saturated carbocycles. The van der Waals surface area contributed by atoms with E-state index in [1.807, 2.05) is 0 Å². The Morgan fingerprint density at radius 1 is 1.54 bits per heavy atom. The molecule has 0 bridgehead atoms. The zero-order valence-corrected chi connectivity index (χ0v) is 7.94. The zero-order valence-electron chi connectivity index (χ0n) is 7.94. The highest BCUT2D eigenvalue weighted by Crippen LogP contribution is 2.06. The molecule has 0 spiro atoms. The molecule has 3 N–H and O–H groups in total. The number of rotatable bonds is 5. The maximum atomic E-state index is 11.6. The fourth-order valence-corrected chi connectivity index (χ4v) is 0.715. The van der Waals surface area contributed by atoms with Gasteiger partial charge in [-0.2, -0.15) is 0 Å². The number of nitrogens with one attached hydrogen (secondary N) is 1. The Morgan fingerprint density at radius 3 is 2.46 bits per heavy atom. The van der Waals surface area contributed by atoms with Crippen LogP contribution in [0.3, 0.4) is 0 Å². The number of halogens is 2. The summed E-state index contributed by atoms with van der Waals surface area (Å²) >= 11 is 0. The lowest BCUT2D eigenvalue weighted by molar-refractivity contribution is -0.122. The lowest BCUT2D eigenvalue weighted by Crippen LogP contribution is -2.35. The average molecular weight is 194 g/mol. The van der Waals surface area contributed by atoms with Gasteiger partial charge in [-0.25, -0.2) is 8.78 Å². The summed E-state index contributed by atoms with van der Waals surface area (Å²) in [6, 6.07) is 0. The maximum Gasteiger partial charge on any atom is 0.255 e. The molecule has 0 aliphatic rings. The minimum absolute atomic E-state index is 0.191. The summed E-state index contributed by atoms with van der Waals surface area (Å²) in [6.45, 7) is 2.99. The average Bonchev–Trinajstić information content (AvgIpc) is 1.95. The van der Waals surface area contributed by atoms with Crippen molar-refractivity contribution in [2.75, 3.05) is 6.54 Å². The second kappa shape index (κ2) is 5.11. The van der Waals surface area contributed by atoms with Gasteiger partial charge in [0, 0.05) is 12.0 Å². The highest BCUT2D eigenvalue weighted by molar-refractivity contribution is 5.75. The van der Waals surface area contributed by atoms with Crippen molar-refractivity contribution in [2.24, 2.45) is 5.73 Å². The zero-order chi connectivity index (χ0) is 10.5. The smallest absolute Gasteiger partial charge is 0.255 e. The van der Waals surface area contributed by atoms with Gasteiger partial charge in [0.1, 0.15) is 0 Å². The fourth-order valence-electron chi connectivity index (χ4n) is 0.715. The van der Waals surface area contributed by atoms with Gasteiger partial charge in [-0.05, 0) is 20.3 Å². The Bertz CT molecular complexity index is 166. The van der Waals surface area contributed by atoms with E-state index in [1.165, 1.54) is 0 Å². The maximum absolute atomic E-state index is 11.6. The second-order valence-electron chi connectivity index (χ2n) is 3.68. The van der Waals surface area contributed by atoms with E-state index in [1.54, 1.807) is 13.8 Å². The summed E-state index contributed by atoms with van der Waals surface area (Å²) in [6.07, 6.45) is -1.81. The van der Waals surface area contributed by atoms with Crippen LogP contribution in [-0.4, -0.2) is 24.4 Å². The molecule has 0 aliphatic heterocycles. The van der Waals surface area contributed by atoms with Crippen molar-refractivity contribution in [1.29, 1.82) is 0 Å². The van der Waals surface area contributed by atoms with Crippen molar-refractivity contribution in [1.82, 2.24) is 5.32 Å². The van der Waals surface area contributed by atoms with Crippen molar-refractivity contribution in [3.05, 3.63) is 0 Å². The van der Waals surface area contributed by atoms with E-state index in [2.05, 4.69) is 5.32 Å². The molecule has 0 unspecified atom stereocenters. The molecule has 5 heteroatoms. The summed E-state index contributed by atoms with van der Waals surface area (Å²) in [7, 11) is 0. The van der Waals surface area contributed by atoms with Crippen molar-refractivity contribution in [3.63, 3.8) is 0 Å². The normalized spacial score (nSPS) is 11.8. The molecule has 0 aromatic rings. The molecule has 0 aliphatic carbocycles. The largest absolute Gasteiger partial charge is 0.350 e. The van der Waals surface area contributed by atoms with Crippen LogP contribution < -0.4 is 11.1 Å². The molecule has 0 heterocycles. The molecule has 0 aromatic carbocycles. The summed E-state index contributed by atoms with van der Waals surface area (Å²) in [5, 5.41) is 2.11. The summed E-state index contributed by atoms with van der Waals surface area (Å²) in [4.78, 5) is 10.9. The standard InChI is InChI=1S/C8H16F2N2O/c1-8(2,11)4-3-7(13)12-5-6(9)10/h6H,3-5,11H2,1-2H3,(H,12,13). The molecule has 1 amide bonds. The van der Waals surface area contributed by atoms with E-state index in [0.717, 1.165) is 0 Å². The van der Waals surface area contributed by atoms with Crippen LogP contribution in [0.5, 0.6) is 0 Å². The van der Waals surface area contributed by atoms with Gasteiger partial charge >= 0.3 is 0 Å². The SMILES string of the molecule is CC(C)(N)CCC(=O)NCC(F)F. The van der Waals surface area contributed by atoms with Crippen LogP contribution in [0.15, 0.2) is 0 Å². The summed E-state index contributed by atoms with van der Waals surface area (Å²) in [5.74, 6) is -0.376. The third-order valence-electron chi connectivity index (χ3n) is 1.45. The van der Waals surface area contributed by atoms with E-state index < -0.39 is 18.5 Å². The number of carbonyl (C=O) groups is 1. The van der Waals surface area contributed by atoms with Crippen LogP contribution in [0.4, 0.5) is 8.78 Å².